The van der Waals surface area contributed by atoms with Gasteiger partial charge in [-0.3, -0.25) is 4.79 Å². The second-order valence-corrected chi connectivity index (χ2v) is 5.83. The van der Waals surface area contributed by atoms with Gasteiger partial charge >= 0.3 is 12.1 Å². The van der Waals surface area contributed by atoms with E-state index in [0.717, 1.165) is 0 Å². The average Bonchev–Trinajstić information content (AvgIpc) is 3.02. The predicted octanol–water partition coefficient (Wildman–Crippen LogP) is 1.01. The predicted molar refractivity (Wildman–Crippen MR) is 77.9 cm³/mol. The topological polar surface area (TPSA) is 78.8 Å². The van der Waals surface area contributed by atoms with Gasteiger partial charge in [-0.2, -0.15) is 13.2 Å². The lowest BCUT2D eigenvalue weighted by atomic mass is 9.96. The molecule has 0 amide bonds. The number of hydrogen-bond acceptors (Lipinski definition) is 6. The number of aromatic nitrogens is 2. The van der Waals surface area contributed by atoms with Gasteiger partial charge in [0.25, 0.3) is 0 Å². The highest BCUT2D eigenvalue weighted by Crippen LogP contribution is 2.39. The number of nitrogens with zero attached hydrogens (tertiary/aromatic N) is 4. The van der Waals surface area contributed by atoms with E-state index in [-0.39, 0.29) is 6.54 Å². The van der Waals surface area contributed by atoms with Crippen LogP contribution in [-0.4, -0.2) is 66.6 Å². The monoisotopic (exact) mass is 346 g/mol. The smallest absolute Gasteiger partial charge is 0.394 e. The van der Waals surface area contributed by atoms with Gasteiger partial charge in [-0.25, -0.2) is 9.97 Å². The normalized spacial score (nSPS) is 25.1. The maximum absolute atomic E-state index is 13.1. The number of rotatable bonds is 3. The Bertz CT molecular complexity index is 607. The summed E-state index contributed by atoms with van der Waals surface area (Å²) in [5.41, 5.74) is 0. The van der Waals surface area contributed by atoms with Gasteiger partial charge in [0.15, 0.2) is 0 Å². The lowest BCUT2D eigenvalue weighted by molar-refractivity contribution is -0.187. The first-order valence-corrected chi connectivity index (χ1v) is 7.55. The number of anilines is 2. The fourth-order valence-electron chi connectivity index (χ4n) is 3.05. The third-order valence-corrected chi connectivity index (χ3v) is 4.35. The molecule has 7 nitrogen and oxygen atoms in total. The Balaban J connectivity index is 1.80. The van der Waals surface area contributed by atoms with Gasteiger partial charge in [0.1, 0.15) is 18.0 Å². The Kier molecular flexibility index (Phi) is 4.48. The highest BCUT2D eigenvalue weighted by Gasteiger charge is 2.52. The first-order valence-electron chi connectivity index (χ1n) is 7.55. The molecule has 2 aliphatic heterocycles. The molecule has 1 N–H and O–H groups in total. The van der Waals surface area contributed by atoms with Crippen LogP contribution in [0.4, 0.5) is 24.8 Å². The molecule has 3 heterocycles. The number of carboxylic acid groups (broad SMARTS) is 1. The average molecular weight is 346 g/mol. The molecule has 0 saturated carbocycles. The molecule has 0 bridgehead atoms. The van der Waals surface area contributed by atoms with Crippen molar-refractivity contribution in [1.29, 1.82) is 0 Å². The molecule has 10 heteroatoms. The quantitative estimate of drug-likeness (QED) is 0.875. The Labute approximate surface area is 136 Å². The molecule has 0 spiro atoms. The minimum Gasteiger partial charge on any atom is -0.481 e. The van der Waals surface area contributed by atoms with Crippen molar-refractivity contribution in [3.05, 3.63) is 12.4 Å². The summed E-state index contributed by atoms with van der Waals surface area (Å²) in [6.07, 6.45) is -3.27. The van der Waals surface area contributed by atoms with Crippen LogP contribution in [0.25, 0.3) is 0 Å². The summed E-state index contributed by atoms with van der Waals surface area (Å²) in [7, 11) is 0. The number of ether oxygens (including phenoxy) is 1. The molecular weight excluding hydrogens is 329 g/mol. The van der Waals surface area contributed by atoms with Gasteiger partial charge in [-0.15, -0.1) is 0 Å². The zero-order chi connectivity index (χ0) is 17.3. The molecule has 132 valence electrons. The van der Waals surface area contributed by atoms with E-state index in [1.807, 2.05) is 4.90 Å². The van der Waals surface area contributed by atoms with E-state index in [1.165, 1.54) is 11.2 Å². The van der Waals surface area contributed by atoms with Crippen molar-refractivity contribution < 1.29 is 27.8 Å². The van der Waals surface area contributed by atoms with Gasteiger partial charge in [-0.1, -0.05) is 0 Å². The highest BCUT2D eigenvalue weighted by molar-refractivity contribution is 5.72. The van der Waals surface area contributed by atoms with E-state index < -0.39 is 30.5 Å². The van der Waals surface area contributed by atoms with E-state index in [1.54, 1.807) is 6.07 Å². The standard InChI is InChI=1S/C14H17F3N4O3/c15-14(16,17)10-7-21(6-9(10)13(22)23)12-5-11(18-8-19-12)20-1-3-24-4-2-20/h5,8-10H,1-4,6-7H2,(H,22,23)/t9-,10-/m1/s1. The van der Waals surface area contributed by atoms with Crippen molar-refractivity contribution in [3.63, 3.8) is 0 Å². The van der Waals surface area contributed by atoms with Gasteiger partial charge in [0.2, 0.25) is 0 Å². The molecule has 2 fully saturated rings. The summed E-state index contributed by atoms with van der Waals surface area (Å²) >= 11 is 0. The Morgan fingerprint density at radius 1 is 1.17 bits per heavy atom. The zero-order valence-electron chi connectivity index (χ0n) is 12.7. The fraction of sp³-hybridized carbons (Fsp3) is 0.643. The molecule has 1 aromatic rings. The molecule has 2 atom stereocenters. The number of halogens is 3. The van der Waals surface area contributed by atoms with E-state index in [0.29, 0.717) is 37.9 Å². The van der Waals surface area contributed by atoms with Crippen LogP contribution >= 0.6 is 0 Å². The summed E-state index contributed by atoms with van der Waals surface area (Å²) in [6, 6.07) is 1.60. The molecular formula is C14H17F3N4O3. The number of carbonyl (C=O) groups is 1. The fourth-order valence-corrected chi connectivity index (χ4v) is 3.05. The number of aliphatic carboxylic acids is 1. The Morgan fingerprint density at radius 2 is 1.79 bits per heavy atom. The van der Waals surface area contributed by atoms with Crippen molar-refractivity contribution in [3.8, 4) is 0 Å². The summed E-state index contributed by atoms with van der Waals surface area (Å²) in [5, 5.41) is 9.09. The third kappa shape index (κ3) is 3.37. The summed E-state index contributed by atoms with van der Waals surface area (Å²) in [6.45, 7) is 1.75. The van der Waals surface area contributed by atoms with E-state index in [2.05, 4.69) is 9.97 Å². The lowest BCUT2D eigenvalue weighted by Crippen LogP contribution is -2.37. The minimum atomic E-state index is -4.56. The molecule has 0 aliphatic carbocycles. The van der Waals surface area contributed by atoms with E-state index >= 15 is 0 Å². The molecule has 1 aromatic heterocycles. The van der Waals surface area contributed by atoms with E-state index in [9.17, 15) is 18.0 Å². The second-order valence-electron chi connectivity index (χ2n) is 5.83. The summed E-state index contributed by atoms with van der Waals surface area (Å²) in [5.74, 6) is -3.93. The van der Waals surface area contributed by atoms with Crippen LogP contribution in [0.3, 0.4) is 0 Å². The Hall–Kier alpha value is -2.10. The second kappa shape index (κ2) is 6.42. The number of hydrogen-bond donors (Lipinski definition) is 1. The molecule has 0 unspecified atom stereocenters. The van der Waals surface area contributed by atoms with Gasteiger partial charge in [0.05, 0.1) is 25.0 Å². The van der Waals surface area contributed by atoms with Crippen LogP contribution < -0.4 is 9.80 Å². The van der Waals surface area contributed by atoms with Gasteiger partial charge in [-0.05, 0) is 0 Å². The highest BCUT2D eigenvalue weighted by atomic mass is 19.4. The van der Waals surface area contributed by atoms with Crippen LogP contribution in [0.5, 0.6) is 0 Å². The molecule has 0 radical (unpaired) electrons. The molecule has 2 aliphatic rings. The molecule has 24 heavy (non-hydrogen) atoms. The van der Waals surface area contributed by atoms with Crippen molar-refractivity contribution >= 4 is 17.6 Å². The molecule has 3 rings (SSSR count). The maximum Gasteiger partial charge on any atom is 0.394 e. The van der Waals surface area contributed by atoms with Gasteiger partial charge < -0.3 is 19.6 Å². The van der Waals surface area contributed by atoms with Crippen molar-refractivity contribution in [2.75, 3.05) is 49.2 Å². The van der Waals surface area contributed by atoms with Crippen LogP contribution in [0, 0.1) is 11.8 Å². The summed E-state index contributed by atoms with van der Waals surface area (Å²) < 4.78 is 44.5. The number of morpholine rings is 1. The largest absolute Gasteiger partial charge is 0.481 e. The maximum atomic E-state index is 13.1. The third-order valence-electron chi connectivity index (χ3n) is 4.35. The number of carboxylic acids is 1. The van der Waals surface area contributed by atoms with Crippen LogP contribution in [0.15, 0.2) is 12.4 Å². The lowest BCUT2D eigenvalue weighted by Gasteiger charge is -2.28. The zero-order valence-corrected chi connectivity index (χ0v) is 12.7. The van der Waals surface area contributed by atoms with E-state index in [4.69, 9.17) is 9.84 Å². The number of alkyl halides is 3. The van der Waals surface area contributed by atoms with Crippen LogP contribution in [0.1, 0.15) is 0 Å². The van der Waals surface area contributed by atoms with Crippen LogP contribution in [0.2, 0.25) is 0 Å². The molecule has 2 saturated heterocycles. The first-order chi connectivity index (χ1) is 11.4. The Morgan fingerprint density at radius 3 is 2.33 bits per heavy atom. The van der Waals surface area contributed by atoms with Crippen molar-refractivity contribution in [2.45, 2.75) is 6.18 Å². The van der Waals surface area contributed by atoms with Crippen molar-refractivity contribution in [2.24, 2.45) is 11.8 Å². The van der Waals surface area contributed by atoms with Crippen molar-refractivity contribution in [1.82, 2.24) is 9.97 Å². The molecule has 0 aromatic carbocycles. The van der Waals surface area contributed by atoms with Gasteiger partial charge in [0, 0.05) is 32.2 Å². The first kappa shape index (κ1) is 16.7. The SMILES string of the molecule is O=C(O)[C@@H]1CN(c2cc(N3CCOCC3)ncn2)C[C@H]1C(F)(F)F. The van der Waals surface area contributed by atoms with Crippen LogP contribution in [-0.2, 0) is 9.53 Å². The minimum absolute atomic E-state index is 0.223. The summed E-state index contributed by atoms with van der Waals surface area (Å²) in [4.78, 5) is 22.7.